The van der Waals surface area contributed by atoms with Gasteiger partial charge in [0.25, 0.3) is 0 Å². The van der Waals surface area contributed by atoms with E-state index in [0.717, 1.165) is 0 Å². The molecule has 0 heterocycles. The van der Waals surface area contributed by atoms with Crippen LogP contribution in [0.15, 0.2) is 12.1 Å². The molecule has 0 saturated carbocycles. The van der Waals surface area contributed by atoms with Crippen LogP contribution in [0.4, 0.5) is 4.39 Å². The first kappa shape index (κ1) is 11.8. The van der Waals surface area contributed by atoms with Gasteiger partial charge < -0.3 is 10.2 Å². The van der Waals surface area contributed by atoms with Gasteiger partial charge in [-0.1, -0.05) is 18.5 Å². The Hall–Kier alpha value is -1.29. The Morgan fingerprint density at radius 1 is 1.60 bits per heavy atom. The molecule has 0 amide bonds. The van der Waals surface area contributed by atoms with Gasteiger partial charge in [-0.15, -0.1) is 0 Å². The number of hydrogen-bond acceptors (Lipinski definition) is 2. The first-order chi connectivity index (χ1) is 6.93. The number of benzene rings is 1. The summed E-state index contributed by atoms with van der Waals surface area (Å²) >= 11 is 5.53. The molecular formula is C10H10ClFO3. The standard InChI is InChI=1S/C10H10ClFO3/c1-5(4-8(14)15)9-7(13)3-2-6(11)10(9)12/h2-3,5,13H,4H2,1H3,(H,14,15). The molecule has 3 nitrogen and oxygen atoms in total. The van der Waals surface area contributed by atoms with E-state index in [1.807, 2.05) is 0 Å². The SMILES string of the molecule is CC(CC(=O)O)c1c(O)ccc(Cl)c1F. The Bertz CT molecular complexity index is 392. The minimum atomic E-state index is -1.05. The van der Waals surface area contributed by atoms with Gasteiger partial charge in [0.1, 0.15) is 11.6 Å². The molecule has 1 aromatic rings. The number of carbonyl (C=O) groups is 1. The number of carboxylic acid groups (broad SMARTS) is 1. The third-order valence-electron chi connectivity index (χ3n) is 2.08. The summed E-state index contributed by atoms with van der Waals surface area (Å²) < 4.78 is 13.5. The van der Waals surface area contributed by atoms with Crippen LogP contribution in [0.3, 0.4) is 0 Å². The van der Waals surface area contributed by atoms with E-state index in [2.05, 4.69) is 0 Å². The van der Waals surface area contributed by atoms with Crippen molar-refractivity contribution in [2.75, 3.05) is 0 Å². The number of aliphatic carboxylic acids is 1. The van der Waals surface area contributed by atoms with Gasteiger partial charge in [0.2, 0.25) is 0 Å². The summed E-state index contributed by atoms with van der Waals surface area (Å²) in [5.41, 5.74) is -0.0510. The topological polar surface area (TPSA) is 57.5 Å². The highest BCUT2D eigenvalue weighted by Gasteiger charge is 2.20. The molecule has 1 atom stereocenters. The monoisotopic (exact) mass is 232 g/mol. The minimum absolute atomic E-state index is 0.0510. The zero-order valence-corrected chi connectivity index (χ0v) is 8.75. The van der Waals surface area contributed by atoms with Crippen LogP contribution in [0, 0.1) is 5.82 Å². The van der Waals surface area contributed by atoms with Crippen molar-refractivity contribution in [3.63, 3.8) is 0 Å². The molecule has 0 saturated heterocycles. The van der Waals surface area contributed by atoms with E-state index >= 15 is 0 Å². The lowest BCUT2D eigenvalue weighted by molar-refractivity contribution is -0.137. The molecule has 0 aliphatic heterocycles. The average Bonchev–Trinajstić information content (AvgIpc) is 2.11. The number of carboxylic acids is 1. The fourth-order valence-corrected chi connectivity index (χ4v) is 1.55. The summed E-state index contributed by atoms with van der Waals surface area (Å²) in [6.45, 7) is 1.52. The van der Waals surface area contributed by atoms with Gasteiger partial charge in [-0.25, -0.2) is 4.39 Å². The quantitative estimate of drug-likeness (QED) is 0.843. The Morgan fingerprint density at radius 3 is 2.73 bits per heavy atom. The van der Waals surface area contributed by atoms with E-state index in [1.54, 1.807) is 0 Å². The highest BCUT2D eigenvalue weighted by Crippen LogP contribution is 2.33. The van der Waals surface area contributed by atoms with Crippen molar-refractivity contribution < 1.29 is 19.4 Å². The van der Waals surface area contributed by atoms with Gasteiger partial charge >= 0.3 is 5.97 Å². The lowest BCUT2D eigenvalue weighted by Crippen LogP contribution is -2.05. The summed E-state index contributed by atoms with van der Waals surface area (Å²) in [7, 11) is 0. The molecule has 1 aromatic carbocycles. The van der Waals surface area contributed by atoms with E-state index in [4.69, 9.17) is 16.7 Å². The number of aromatic hydroxyl groups is 1. The second-order valence-corrected chi connectivity index (χ2v) is 3.70. The second kappa shape index (κ2) is 4.49. The van der Waals surface area contributed by atoms with Crippen molar-refractivity contribution in [3.05, 3.63) is 28.5 Å². The third-order valence-corrected chi connectivity index (χ3v) is 2.38. The van der Waals surface area contributed by atoms with Gasteiger partial charge in [-0.2, -0.15) is 0 Å². The predicted octanol–water partition coefficient (Wildman–Crippen LogP) is 2.76. The van der Waals surface area contributed by atoms with Gasteiger partial charge in [-0.3, -0.25) is 4.79 Å². The fourth-order valence-electron chi connectivity index (χ4n) is 1.39. The summed E-state index contributed by atoms with van der Waals surface area (Å²) in [4.78, 5) is 10.5. The normalized spacial score (nSPS) is 12.5. The Kier molecular flexibility index (Phi) is 3.52. The van der Waals surface area contributed by atoms with Crippen molar-refractivity contribution in [2.24, 2.45) is 0 Å². The number of rotatable bonds is 3. The van der Waals surface area contributed by atoms with Crippen LogP contribution in [0.1, 0.15) is 24.8 Å². The Balaban J connectivity index is 3.12. The molecule has 0 aliphatic carbocycles. The lowest BCUT2D eigenvalue weighted by atomic mass is 9.96. The Labute approximate surface area is 91.1 Å². The number of halogens is 2. The van der Waals surface area contributed by atoms with Crippen LogP contribution in [0.25, 0.3) is 0 Å². The maximum Gasteiger partial charge on any atom is 0.303 e. The smallest absolute Gasteiger partial charge is 0.303 e. The third kappa shape index (κ3) is 2.59. The molecule has 15 heavy (non-hydrogen) atoms. The minimum Gasteiger partial charge on any atom is -0.508 e. The van der Waals surface area contributed by atoms with Crippen LogP contribution < -0.4 is 0 Å². The first-order valence-corrected chi connectivity index (χ1v) is 4.70. The molecule has 5 heteroatoms. The second-order valence-electron chi connectivity index (χ2n) is 3.29. The fraction of sp³-hybridized carbons (Fsp3) is 0.300. The van der Waals surface area contributed by atoms with E-state index in [0.29, 0.717) is 0 Å². The van der Waals surface area contributed by atoms with Crippen LogP contribution in [0.5, 0.6) is 5.75 Å². The molecule has 0 bridgehead atoms. The van der Waals surface area contributed by atoms with Crippen LogP contribution >= 0.6 is 11.6 Å². The average molecular weight is 233 g/mol. The van der Waals surface area contributed by atoms with E-state index in [-0.39, 0.29) is 22.8 Å². The van der Waals surface area contributed by atoms with Crippen molar-refractivity contribution in [1.82, 2.24) is 0 Å². The van der Waals surface area contributed by atoms with E-state index < -0.39 is 17.7 Å². The highest BCUT2D eigenvalue weighted by molar-refractivity contribution is 6.30. The summed E-state index contributed by atoms with van der Waals surface area (Å²) in [5, 5.41) is 17.8. The molecular weight excluding hydrogens is 223 g/mol. The van der Waals surface area contributed by atoms with Crippen molar-refractivity contribution in [3.8, 4) is 5.75 Å². The highest BCUT2D eigenvalue weighted by atomic mass is 35.5. The van der Waals surface area contributed by atoms with Gasteiger partial charge in [0.05, 0.1) is 11.4 Å². The van der Waals surface area contributed by atoms with E-state index in [9.17, 15) is 14.3 Å². The summed E-state index contributed by atoms with van der Waals surface area (Å²) in [5.74, 6) is -2.71. The lowest BCUT2D eigenvalue weighted by Gasteiger charge is -2.12. The summed E-state index contributed by atoms with van der Waals surface area (Å²) in [6, 6.07) is 2.47. The molecule has 1 unspecified atom stereocenters. The zero-order chi connectivity index (χ0) is 11.6. The van der Waals surface area contributed by atoms with Crippen molar-refractivity contribution >= 4 is 17.6 Å². The molecule has 0 radical (unpaired) electrons. The van der Waals surface area contributed by atoms with E-state index in [1.165, 1.54) is 19.1 Å². The maximum atomic E-state index is 13.5. The molecule has 1 rings (SSSR count). The van der Waals surface area contributed by atoms with Crippen LogP contribution in [0.2, 0.25) is 5.02 Å². The first-order valence-electron chi connectivity index (χ1n) is 4.32. The predicted molar refractivity (Wildman–Crippen MR) is 53.7 cm³/mol. The zero-order valence-electron chi connectivity index (χ0n) is 8.00. The van der Waals surface area contributed by atoms with Gasteiger partial charge in [0.15, 0.2) is 0 Å². The van der Waals surface area contributed by atoms with Gasteiger partial charge in [-0.05, 0) is 18.1 Å². The van der Waals surface area contributed by atoms with Crippen molar-refractivity contribution in [1.29, 1.82) is 0 Å². The molecule has 2 N–H and O–H groups in total. The van der Waals surface area contributed by atoms with Crippen LogP contribution in [-0.2, 0) is 4.79 Å². The molecule has 0 aliphatic rings. The van der Waals surface area contributed by atoms with Crippen LogP contribution in [-0.4, -0.2) is 16.2 Å². The maximum absolute atomic E-state index is 13.5. The summed E-state index contributed by atoms with van der Waals surface area (Å²) in [6.07, 6.45) is -0.259. The number of phenolic OH excluding ortho intramolecular Hbond substituents is 1. The largest absolute Gasteiger partial charge is 0.508 e. The molecule has 0 fully saturated rings. The molecule has 0 aromatic heterocycles. The number of hydrogen-bond donors (Lipinski definition) is 2. The molecule has 82 valence electrons. The number of phenols is 1. The van der Waals surface area contributed by atoms with Crippen molar-refractivity contribution in [2.45, 2.75) is 19.3 Å². The Morgan fingerprint density at radius 2 is 2.20 bits per heavy atom. The van der Waals surface area contributed by atoms with Gasteiger partial charge in [0, 0.05) is 5.56 Å². The molecule has 0 spiro atoms.